The van der Waals surface area contributed by atoms with Crippen LogP contribution in [-0.4, -0.2) is 24.3 Å². The summed E-state index contributed by atoms with van der Waals surface area (Å²) in [5.41, 5.74) is 3.94. The Hall–Kier alpha value is -4.45. The standard InChI is InChI=1S/C35H35NO4/c1-2-33(38-25-29-17-9-4-10-18-29)34(39-26-30-19-11-5-12-20-30)32(24-23-28-15-7-3-8-16-28)36-35(37)40-27-31-21-13-6-14-22-31/h2-24,32-34H,1,25-27H2,(H,36,37)/t32?,33-,34?/m1/s1. The fraction of sp³-hybridized carbons (Fsp3) is 0.171. The quantitative estimate of drug-likeness (QED) is 0.172. The van der Waals surface area contributed by atoms with Crippen molar-refractivity contribution >= 4 is 12.2 Å². The third kappa shape index (κ3) is 9.38. The molecule has 0 saturated heterocycles. The van der Waals surface area contributed by atoms with E-state index >= 15 is 0 Å². The second-order valence-corrected chi connectivity index (χ2v) is 9.26. The summed E-state index contributed by atoms with van der Waals surface area (Å²) in [6.45, 7) is 4.90. The first-order valence-electron chi connectivity index (χ1n) is 13.4. The molecule has 0 fully saturated rings. The Bertz CT molecular complexity index is 1310. The van der Waals surface area contributed by atoms with E-state index in [1.807, 2.05) is 133 Å². The van der Waals surface area contributed by atoms with Crippen molar-refractivity contribution in [1.29, 1.82) is 0 Å². The van der Waals surface area contributed by atoms with Crippen molar-refractivity contribution in [3.63, 3.8) is 0 Å². The van der Waals surface area contributed by atoms with Crippen LogP contribution in [-0.2, 0) is 34.0 Å². The van der Waals surface area contributed by atoms with Crippen LogP contribution in [0.25, 0.3) is 6.08 Å². The molecule has 0 bridgehead atoms. The summed E-state index contributed by atoms with van der Waals surface area (Å²) in [6, 6.07) is 38.7. The zero-order chi connectivity index (χ0) is 27.8. The number of ether oxygens (including phenoxy) is 3. The van der Waals surface area contributed by atoms with Crippen molar-refractivity contribution in [2.45, 2.75) is 38.1 Å². The van der Waals surface area contributed by atoms with Gasteiger partial charge in [-0.25, -0.2) is 4.79 Å². The van der Waals surface area contributed by atoms with Gasteiger partial charge < -0.3 is 19.5 Å². The molecule has 0 aromatic heterocycles. The first-order chi connectivity index (χ1) is 19.7. The third-order valence-corrected chi connectivity index (χ3v) is 6.27. The number of hydrogen-bond donors (Lipinski definition) is 1. The van der Waals surface area contributed by atoms with Crippen molar-refractivity contribution in [2.24, 2.45) is 0 Å². The molecule has 4 aromatic rings. The minimum Gasteiger partial charge on any atom is -0.445 e. The zero-order valence-electron chi connectivity index (χ0n) is 22.5. The third-order valence-electron chi connectivity index (χ3n) is 6.27. The van der Waals surface area contributed by atoms with Crippen LogP contribution in [0.3, 0.4) is 0 Å². The maximum Gasteiger partial charge on any atom is 0.408 e. The largest absolute Gasteiger partial charge is 0.445 e. The van der Waals surface area contributed by atoms with E-state index in [2.05, 4.69) is 11.9 Å². The first kappa shape index (κ1) is 28.6. The topological polar surface area (TPSA) is 56.8 Å². The molecule has 0 radical (unpaired) electrons. The van der Waals surface area contributed by atoms with Crippen molar-refractivity contribution < 1.29 is 19.0 Å². The van der Waals surface area contributed by atoms with E-state index in [4.69, 9.17) is 14.2 Å². The number of hydrogen-bond acceptors (Lipinski definition) is 4. The van der Waals surface area contributed by atoms with Crippen molar-refractivity contribution in [2.75, 3.05) is 0 Å². The van der Waals surface area contributed by atoms with E-state index < -0.39 is 24.3 Å². The minimum absolute atomic E-state index is 0.159. The van der Waals surface area contributed by atoms with Crippen LogP contribution >= 0.6 is 0 Å². The van der Waals surface area contributed by atoms with Gasteiger partial charge in [-0.3, -0.25) is 0 Å². The van der Waals surface area contributed by atoms with Gasteiger partial charge in [0.15, 0.2) is 0 Å². The Labute approximate surface area is 236 Å². The lowest BCUT2D eigenvalue weighted by Gasteiger charge is -2.31. The number of nitrogens with one attached hydrogen (secondary N) is 1. The average molecular weight is 534 g/mol. The Balaban J connectivity index is 1.57. The summed E-state index contributed by atoms with van der Waals surface area (Å²) in [4.78, 5) is 13.0. The molecule has 4 aromatic carbocycles. The number of rotatable bonds is 14. The number of amides is 1. The maximum absolute atomic E-state index is 13.0. The van der Waals surface area contributed by atoms with Crippen LogP contribution in [0.4, 0.5) is 4.79 Å². The van der Waals surface area contributed by atoms with Crippen LogP contribution < -0.4 is 5.32 Å². The molecule has 5 nitrogen and oxygen atoms in total. The fourth-order valence-electron chi connectivity index (χ4n) is 4.15. The Morgan fingerprint density at radius 3 is 1.68 bits per heavy atom. The molecule has 1 amide bonds. The van der Waals surface area contributed by atoms with Gasteiger partial charge in [-0.15, -0.1) is 6.58 Å². The second kappa shape index (κ2) is 15.8. The summed E-state index contributed by atoms with van der Waals surface area (Å²) < 4.78 is 18.3. The molecule has 0 aliphatic carbocycles. The van der Waals surface area contributed by atoms with E-state index in [0.29, 0.717) is 13.2 Å². The molecule has 4 rings (SSSR count). The second-order valence-electron chi connectivity index (χ2n) is 9.26. The van der Waals surface area contributed by atoms with Gasteiger partial charge in [0.25, 0.3) is 0 Å². The molecule has 0 aliphatic heterocycles. The number of carbonyl (C=O) groups is 1. The zero-order valence-corrected chi connectivity index (χ0v) is 22.5. The Morgan fingerprint density at radius 1 is 0.675 bits per heavy atom. The van der Waals surface area contributed by atoms with Crippen LogP contribution in [0.5, 0.6) is 0 Å². The fourth-order valence-corrected chi connectivity index (χ4v) is 4.15. The van der Waals surface area contributed by atoms with Crippen LogP contribution in [0.1, 0.15) is 22.3 Å². The van der Waals surface area contributed by atoms with Gasteiger partial charge in [0, 0.05) is 0 Å². The Morgan fingerprint density at radius 2 is 1.15 bits per heavy atom. The number of benzene rings is 4. The smallest absolute Gasteiger partial charge is 0.408 e. The molecular formula is C35H35NO4. The monoisotopic (exact) mass is 533 g/mol. The Kier molecular flexibility index (Phi) is 11.3. The predicted molar refractivity (Wildman–Crippen MR) is 159 cm³/mol. The summed E-state index contributed by atoms with van der Waals surface area (Å²) in [6.07, 6.45) is 3.93. The van der Waals surface area contributed by atoms with Crippen LogP contribution in [0, 0.1) is 0 Å². The summed E-state index contributed by atoms with van der Waals surface area (Å²) in [5, 5.41) is 3.01. The number of alkyl carbamates (subject to hydrolysis) is 1. The van der Waals surface area contributed by atoms with E-state index in [-0.39, 0.29) is 6.61 Å². The minimum atomic E-state index is -0.592. The highest BCUT2D eigenvalue weighted by Gasteiger charge is 2.30. The molecule has 0 heterocycles. The molecule has 3 atom stereocenters. The normalized spacial score (nSPS) is 13.3. The lowest BCUT2D eigenvalue weighted by atomic mass is 10.0. The van der Waals surface area contributed by atoms with Gasteiger partial charge in [-0.2, -0.15) is 0 Å². The van der Waals surface area contributed by atoms with Gasteiger partial charge in [0.2, 0.25) is 0 Å². The maximum atomic E-state index is 13.0. The molecule has 0 aliphatic rings. The lowest BCUT2D eigenvalue weighted by Crippen LogP contribution is -2.49. The van der Waals surface area contributed by atoms with Crippen molar-refractivity contribution in [3.8, 4) is 0 Å². The highest BCUT2D eigenvalue weighted by molar-refractivity contribution is 5.68. The molecule has 5 heteroatoms. The molecular weight excluding hydrogens is 498 g/mol. The summed E-state index contributed by atoms with van der Waals surface area (Å²) in [7, 11) is 0. The van der Waals surface area contributed by atoms with Gasteiger partial charge in [0.05, 0.1) is 19.3 Å². The SMILES string of the molecule is C=C[C@@H](OCc1ccccc1)C(OCc1ccccc1)C(C=Cc1ccccc1)NC(=O)OCc1ccccc1. The highest BCUT2D eigenvalue weighted by Crippen LogP contribution is 2.18. The van der Waals surface area contributed by atoms with Gasteiger partial charge in [0.1, 0.15) is 18.8 Å². The van der Waals surface area contributed by atoms with E-state index in [0.717, 1.165) is 22.3 Å². The first-order valence-corrected chi connectivity index (χ1v) is 13.4. The van der Waals surface area contributed by atoms with Gasteiger partial charge in [-0.05, 0) is 22.3 Å². The summed E-state index contributed by atoms with van der Waals surface area (Å²) >= 11 is 0. The summed E-state index contributed by atoms with van der Waals surface area (Å²) in [5.74, 6) is 0. The molecule has 40 heavy (non-hydrogen) atoms. The van der Waals surface area contributed by atoms with Gasteiger partial charge in [-0.1, -0.05) is 140 Å². The van der Waals surface area contributed by atoms with E-state index in [1.54, 1.807) is 6.08 Å². The molecule has 204 valence electrons. The van der Waals surface area contributed by atoms with Crippen LogP contribution in [0.2, 0.25) is 0 Å². The molecule has 1 N–H and O–H groups in total. The van der Waals surface area contributed by atoms with Crippen molar-refractivity contribution in [3.05, 3.63) is 162 Å². The van der Waals surface area contributed by atoms with E-state index in [1.165, 1.54) is 0 Å². The molecule has 0 saturated carbocycles. The number of carbonyl (C=O) groups excluding carboxylic acids is 1. The highest BCUT2D eigenvalue weighted by atomic mass is 16.6. The predicted octanol–water partition coefficient (Wildman–Crippen LogP) is 7.35. The average Bonchev–Trinajstić information content (AvgIpc) is 3.02. The van der Waals surface area contributed by atoms with E-state index in [9.17, 15) is 4.79 Å². The van der Waals surface area contributed by atoms with Crippen LogP contribution in [0.15, 0.2) is 140 Å². The molecule has 0 spiro atoms. The van der Waals surface area contributed by atoms with Gasteiger partial charge >= 0.3 is 6.09 Å². The lowest BCUT2D eigenvalue weighted by molar-refractivity contribution is -0.0729. The van der Waals surface area contributed by atoms with Crippen molar-refractivity contribution in [1.82, 2.24) is 5.32 Å². The molecule has 2 unspecified atom stereocenters.